The fraction of sp³-hybridized carbons (Fsp3) is 0.844. The van der Waals surface area contributed by atoms with Crippen LogP contribution in [0.1, 0.15) is 121 Å². The third-order valence-electron chi connectivity index (χ3n) is 12.4. The van der Waals surface area contributed by atoms with Crippen LogP contribution in [0.15, 0.2) is 23.3 Å². The van der Waals surface area contributed by atoms with E-state index in [4.69, 9.17) is 0 Å². The number of rotatable bonds is 4. The molecule has 0 bridgehead atoms. The van der Waals surface area contributed by atoms with Crippen LogP contribution < -0.4 is 29.6 Å². The minimum atomic E-state index is 0. The van der Waals surface area contributed by atoms with Gasteiger partial charge in [-0.25, -0.2) is 0 Å². The average molecular weight is 524 g/mol. The second-order valence-corrected chi connectivity index (χ2v) is 13.6. The molecular weight excluding hydrogens is 466 g/mol. The molecule has 2 fully saturated rings. The van der Waals surface area contributed by atoms with Crippen LogP contribution in [-0.2, 0) is 4.79 Å². The van der Waals surface area contributed by atoms with Crippen molar-refractivity contribution in [2.24, 2.45) is 45.3 Å². The van der Waals surface area contributed by atoms with Gasteiger partial charge in [0.15, 0.2) is 0 Å². The summed E-state index contributed by atoms with van der Waals surface area (Å²) in [5, 5.41) is 9.43. The maximum atomic E-state index is 11.1. The fourth-order valence-electron chi connectivity index (χ4n) is 9.01. The van der Waals surface area contributed by atoms with Crippen molar-refractivity contribution in [2.45, 2.75) is 120 Å². The molecule has 0 aliphatic heterocycles. The number of allylic oxidation sites excluding steroid dienone is 4. The number of carbonyl (C=O) groups excluding carboxylic acids is 1. The van der Waals surface area contributed by atoms with Gasteiger partial charge in [0.2, 0.25) is 0 Å². The molecule has 4 rings (SSSR count). The first-order valence-electron chi connectivity index (χ1n) is 14.3. The molecule has 2 saturated carbocycles. The molecule has 0 spiro atoms. The van der Waals surface area contributed by atoms with Crippen molar-refractivity contribution in [1.29, 1.82) is 0 Å². The van der Waals surface area contributed by atoms with Gasteiger partial charge in [-0.3, -0.25) is 0 Å². The minimum absolute atomic E-state index is 0. The Balaban J connectivity index is 0. The zero-order valence-corrected chi connectivity index (χ0v) is 27.8. The normalized spacial score (nSPS) is 42.4. The van der Waals surface area contributed by atoms with Gasteiger partial charge in [0.1, 0.15) is 6.29 Å². The molecule has 3 radical (unpaired) electrons. The van der Waals surface area contributed by atoms with Gasteiger partial charge in [-0.15, -0.1) is 0 Å². The van der Waals surface area contributed by atoms with E-state index < -0.39 is 0 Å². The Hall–Kier alpha value is 0.135. The van der Waals surface area contributed by atoms with Crippen molar-refractivity contribution in [3.05, 3.63) is 23.3 Å². The van der Waals surface area contributed by atoms with Crippen LogP contribution in [-0.4, -0.2) is 31.9 Å². The standard InChI is InChI=1S/C16H28O.C16H26O.B.Na.H2O.H/c2*1-12-6-5-7-14-15(12,3)9-8-13(2)16(14,4)10-11-17;;;;/h6,13-14,17H,5,7-11H2,1-4H3;6,11,13-14H,5,7-10H2,1-4H3;;;1H2;/q;;;+1;;-1/t2*13-,14+,15+,16+;;;;/m11..../s1. The predicted molar refractivity (Wildman–Crippen MR) is 155 cm³/mol. The molecule has 0 aromatic carbocycles. The van der Waals surface area contributed by atoms with Crippen LogP contribution in [0.3, 0.4) is 0 Å². The van der Waals surface area contributed by atoms with Gasteiger partial charge in [0, 0.05) is 21.4 Å². The molecule has 207 valence electrons. The van der Waals surface area contributed by atoms with Gasteiger partial charge in [-0.2, -0.15) is 0 Å². The van der Waals surface area contributed by atoms with E-state index in [9.17, 15) is 9.90 Å². The zero-order chi connectivity index (χ0) is 25.4. The van der Waals surface area contributed by atoms with Crippen LogP contribution in [0.25, 0.3) is 0 Å². The van der Waals surface area contributed by atoms with E-state index in [1.807, 2.05) is 0 Å². The van der Waals surface area contributed by atoms with E-state index in [-0.39, 0.29) is 50.3 Å². The molecule has 0 aromatic rings. The Morgan fingerprint density at radius 1 is 0.865 bits per heavy atom. The largest absolute Gasteiger partial charge is 1.00 e. The van der Waals surface area contributed by atoms with Crippen LogP contribution in [0.4, 0.5) is 0 Å². The van der Waals surface area contributed by atoms with Crippen LogP contribution in [0, 0.1) is 45.3 Å². The SMILES string of the molecule is CC1=CCC[C@@H]2[C@@](C)(CC=O)[C@H](C)CC[C@@]12C.CC1=CCC[C@@H]2[C@@](C)(CCO)[C@H](C)CC[C@@]12C.O.[B].[H-].[Na+]. The summed E-state index contributed by atoms with van der Waals surface area (Å²) in [5.74, 6) is 2.88. The summed E-state index contributed by atoms with van der Waals surface area (Å²) in [6, 6.07) is 0. The number of aldehydes is 1. The monoisotopic (exact) mass is 523 g/mol. The van der Waals surface area contributed by atoms with Crippen molar-refractivity contribution in [1.82, 2.24) is 0 Å². The van der Waals surface area contributed by atoms with E-state index in [1.165, 1.54) is 51.4 Å². The molecule has 0 saturated heterocycles. The van der Waals surface area contributed by atoms with Crippen molar-refractivity contribution < 1.29 is 46.4 Å². The van der Waals surface area contributed by atoms with E-state index in [0.29, 0.717) is 34.7 Å². The number of hydrogen-bond acceptors (Lipinski definition) is 2. The summed E-state index contributed by atoms with van der Waals surface area (Å²) in [7, 11) is 0. The van der Waals surface area contributed by atoms with Gasteiger partial charge in [0.05, 0.1) is 0 Å². The maximum absolute atomic E-state index is 11.1. The summed E-state index contributed by atoms with van der Waals surface area (Å²) < 4.78 is 0. The predicted octanol–water partition coefficient (Wildman–Crippen LogP) is 4.45. The number of carbonyl (C=O) groups is 1. The van der Waals surface area contributed by atoms with E-state index >= 15 is 0 Å². The topological polar surface area (TPSA) is 68.8 Å². The molecular formula is C32H57BNaO3. The zero-order valence-electron chi connectivity index (χ0n) is 26.8. The van der Waals surface area contributed by atoms with E-state index in [2.05, 4.69) is 67.5 Å². The molecule has 3 nitrogen and oxygen atoms in total. The Labute approximate surface area is 254 Å². The van der Waals surface area contributed by atoms with Crippen molar-refractivity contribution in [3.63, 3.8) is 0 Å². The molecule has 4 aliphatic rings. The number of hydrogen-bond donors (Lipinski definition) is 1. The van der Waals surface area contributed by atoms with E-state index in [0.717, 1.165) is 31.0 Å². The summed E-state index contributed by atoms with van der Waals surface area (Å²) in [6.07, 6.45) is 18.0. The first-order valence-corrected chi connectivity index (χ1v) is 14.3. The van der Waals surface area contributed by atoms with Crippen molar-refractivity contribution in [2.75, 3.05) is 6.61 Å². The smallest absolute Gasteiger partial charge is 1.00 e. The molecule has 0 heterocycles. The Kier molecular flexibility index (Phi) is 14.2. The van der Waals surface area contributed by atoms with Gasteiger partial charge in [0.25, 0.3) is 0 Å². The van der Waals surface area contributed by atoms with Gasteiger partial charge >= 0.3 is 29.6 Å². The second kappa shape index (κ2) is 14.2. The fourth-order valence-corrected chi connectivity index (χ4v) is 9.01. The summed E-state index contributed by atoms with van der Waals surface area (Å²) in [5.41, 5.74) is 4.46. The third-order valence-corrected chi connectivity index (χ3v) is 12.4. The number of aliphatic hydroxyl groups excluding tert-OH is 1. The van der Waals surface area contributed by atoms with Crippen molar-refractivity contribution >= 4 is 14.7 Å². The van der Waals surface area contributed by atoms with Gasteiger partial charge in [-0.1, -0.05) is 64.8 Å². The van der Waals surface area contributed by atoms with Gasteiger partial charge < -0.3 is 16.8 Å². The molecule has 0 amide bonds. The Morgan fingerprint density at radius 3 is 1.68 bits per heavy atom. The quantitative estimate of drug-likeness (QED) is 0.336. The van der Waals surface area contributed by atoms with Crippen LogP contribution in [0.5, 0.6) is 0 Å². The number of aliphatic hydroxyl groups is 1. The molecule has 3 N–H and O–H groups in total. The molecule has 8 atom stereocenters. The second-order valence-electron chi connectivity index (χ2n) is 13.6. The summed E-state index contributed by atoms with van der Waals surface area (Å²) in [4.78, 5) is 11.1. The molecule has 37 heavy (non-hydrogen) atoms. The van der Waals surface area contributed by atoms with Crippen LogP contribution >= 0.6 is 0 Å². The first-order chi connectivity index (χ1) is 15.9. The average Bonchev–Trinajstić information content (AvgIpc) is 2.78. The molecule has 0 aromatic heterocycles. The Bertz CT molecular complexity index is 819. The number of fused-ring (bicyclic) bond motifs is 2. The summed E-state index contributed by atoms with van der Waals surface area (Å²) in [6.45, 7) is 19.4. The van der Waals surface area contributed by atoms with Crippen LogP contribution in [0.2, 0.25) is 0 Å². The molecule has 5 heteroatoms. The summed E-state index contributed by atoms with van der Waals surface area (Å²) >= 11 is 0. The third kappa shape index (κ3) is 6.56. The Morgan fingerprint density at radius 2 is 1.27 bits per heavy atom. The van der Waals surface area contributed by atoms with Crippen molar-refractivity contribution in [3.8, 4) is 0 Å². The first kappa shape index (κ1) is 37.1. The maximum Gasteiger partial charge on any atom is 1.00 e. The van der Waals surface area contributed by atoms with Gasteiger partial charge in [-0.05, 0) is 117 Å². The molecule has 4 aliphatic carbocycles. The van der Waals surface area contributed by atoms with E-state index in [1.54, 1.807) is 11.1 Å². The minimum Gasteiger partial charge on any atom is -1.00 e. The molecule has 0 unspecified atom stereocenters.